The summed E-state index contributed by atoms with van der Waals surface area (Å²) in [7, 11) is 3.99. The Balaban J connectivity index is 2.58. The van der Waals surface area contributed by atoms with Gasteiger partial charge in [0.05, 0.1) is 5.69 Å². The van der Waals surface area contributed by atoms with E-state index in [1.165, 1.54) is 6.07 Å². The third kappa shape index (κ3) is 3.00. The summed E-state index contributed by atoms with van der Waals surface area (Å²) in [4.78, 5) is 2.06. The van der Waals surface area contributed by atoms with Crippen molar-refractivity contribution in [3.63, 3.8) is 0 Å². The number of rotatable bonds is 4. The molecular weight excluding hydrogens is 179 g/mol. The summed E-state index contributed by atoms with van der Waals surface area (Å²) in [5.41, 5.74) is 1.57. The molecule has 1 aromatic carbocycles. The molecule has 0 aliphatic heterocycles. The van der Waals surface area contributed by atoms with Crippen LogP contribution < -0.4 is 5.32 Å². The second-order valence-corrected chi connectivity index (χ2v) is 3.66. The number of likely N-dealkylation sites (N-methyl/N-ethyl adjacent to an activating group) is 1. The summed E-state index contributed by atoms with van der Waals surface area (Å²) in [5, 5.41) is 3.10. The second-order valence-electron chi connectivity index (χ2n) is 3.66. The topological polar surface area (TPSA) is 15.3 Å². The third-order valence-electron chi connectivity index (χ3n) is 2.08. The van der Waals surface area contributed by atoms with E-state index in [2.05, 4.69) is 10.2 Å². The van der Waals surface area contributed by atoms with Crippen molar-refractivity contribution in [3.8, 4) is 0 Å². The highest BCUT2D eigenvalue weighted by molar-refractivity contribution is 5.51. The highest BCUT2D eigenvalue weighted by Crippen LogP contribution is 2.17. The van der Waals surface area contributed by atoms with Crippen LogP contribution in [-0.4, -0.2) is 32.1 Å². The molecule has 3 heteroatoms. The lowest BCUT2D eigenvalue weighted by Crippen LogP contribution is -2.21. The minimum atomic E-state index is -0.177. The van der Waals surface area contributed by atoms with Gasteiger partial charge in [0, 0.05) is 13.1 Å². The lowest BCUT2D eigenvalue weighted by atomic mass is 10.2. The van der Waals surface area contributed by atoms with Gasteiger partial charge in [-0.2, -0.15) is 0 Å². The van der Waals surface area contributed by atoms with Gasteiger partial charge in [-0.25, -0.2) is 4.39 Å². The van der Waals surface area contributed by atoms with Gasteiger partial charge in [-0.1, -0.05) is 12.1 Å². The first-order valence-electron chi connectivity index (χ1n) is 4.75. The number of benzene rings is 1. The van der Waals surface area contributed by atoms with Crippen molar-refractivity contribution in [1.29, 1.82) is 0 Å². The minimum absolute atomic E-state index is 0.177. The summed E-state index contributed by atoms with van der Waals surface area (Å²) in [6.07, 6.45) is 0. The fourth-order valence-electron chi connectivity index (χ4n) is 1.26. The summed E-state index contributed by atoms with van der Waals surface area (Å²) < 4.78 is 13.3. The van der Waals surface area contributed by atoms with Crippen LogP contribution in [0.15, 0.2) is 18.2 Å². The number of hydrogen-bond donors (Lipinski definition) is 1. The molecule has 0 spiro atoms. The SMILES string of the molecule is Cc1cccc(F)c1NCCN(C)C. The molecule has 0 fully saturated rings. The lowest BCUT2D eigenvalue weighted by Gasteiger charge is -2.13. The molecular formula is C11H17FN2. The Hall–Kier alpha value is -1.09. The molecule has 0 amide bonds. The number of nitrogens with one attached hydrogen (secondary N) is 1. The fraction of sp³-hybridized carbons (Fsp3) is 0.455. The van der Waals surface area contributed by atoms with Crippen LogP contribution in [0, 0.1) is 12.7 Å². The normalized spacial score (nSPS) is 10.6. The maximum absolute atomic E-state index is 13.3. The second kappa shape index (κ2) is 4.96. The molecule has 1 rings (SSSR count). The molecule has 0 aromatic heterocycles. The molecule has 0 bridgehead atoms. The highest BCUT2D eigenvalue weighted by Gasteiger charge is 2.03. The van der Waals surface area contributed by atoms with Gasteiger partial charge >= 0.3 is 0 Å². The van der Waals surface area contributed by atoms with Crippen molar-refractivity contribution in [2.75, 3.05) is 32.5 Å². The largest absolute Gasteiger partial charge is 0.381 e. The number of aryl methyl sites for hydroxylation is 1. The molecule has 14 heavy (non-hydrogen) atoms. The van der Waals surface area contributed by atoms with Gasteiger partial charge in [0.1, 0.15) is 5.82 Å². The van der Waals surface area contributed by atoms with E-state index >= 15 is 0 Å². The van der Waals surface area contributed by atoms with Crippen LogP contribution in [0.5, 0.6) is 0 Å². The predicted octanol–water partition coefficient (Wildman–Crippen LogP) is 2.11. The maximum atomic E-state index is 13.3. The zero-order valence-electron chi connectivity index (χ0n) is 8.97. The Labute approximate surface area is 84.7 Å². The molecule has 0 aliphatic rings. The van der Waals surface area contributed by atoms with E-state index in [0.717, 1.165) is 18.7 Å². The van der Waals surface area contributed by atoms with Gasteiger partial charge in [-0.3, -0.25) is 0 Å². The minimum Gasteiger partial charge on any atom is -0.381 e. The predicted molar refractivity (Wildman–Crippen MR) is 58.2 cm³/mol. The molecule has 0 radical (unpaired) electrons. The van der Waals surface area contributed by atoms with Gasteiger partial charge in [-0.05, 0) is 32.6 Å². The summed E-state index contributed by atoms with van der Waals surface area (Å²) in [6.45, 7) is 3.56. The molecule has 0 atom stereocenters. The zero-order valence-corrected chi connectivity index (χ0v) is 8.97. The Morgan fingerprint density at radius 3 is 2.64 bits per heavy atom. The molecule has 2 nitrogen and oxygen atoms in total. The molecule has 78 valence electrons. The van der Waals surface area contributed by atoms with Gasteiger partial charge in [0.15, 0.2) is 0 Å². The summed E-state index contributed by atoms with van der Waals surface area (Å²) in [5.74, 6) is -0.177. The molecule has 0 unspecified atom stereocenters. The number of para-hydroxylation sites is 1. The Bertz CT molecular complexity index is 277. The zero-order chi connectivity index (χ0) is 10.6. The first-order valence-corrected chi connectivity index (χ1v) is 4.75. The van der Waals surface area contributed by atoms with Crippen molar-refractivity contribution in [1.82, 2.24) is 4.90 Å². The van der Waals surface area contributed by atoms with Crippen molar-refractivity contribution >= 4 is 5.69 Å². The molecule has 1 aromatic rings. The Morgan fingerprint density at radius 1 is 1.36 bits per heavy atom. The number of halogens is 1. The van der Waals surface area contributed by atoms with Gasteiger partial charge in [-0.15, -0.1) is 0 Å². The average Bonchev–Trinajstić information content (AvgIpc) is 2.09. The van der Waals surface area contributed by atoms with Gasteiger partial charge in [0.25, 0.3) is 0 Å². The van der Waals surface area contributed by atoms with Gasteiger partial charge < -0.3 is 10.2 Å². The van der Waals surface area contributed by atoms with Crippen molar-refractivity contribution in [2.45, 2.75) is 6.92 Å². The van der Waals surface area contributed by atoms with E-state index in [4.69, 9.17) is 0 Å². The molecule has 1 N–H and O–H groups in total. The number of nitrogens with zero attached hydrogens (tertiary/aromatic N) is 1. The molecule has 0 aliphatic carbocycles. The van der Waals surface area contributed by atoms with Crippen molar-refractivity contribution < 1.29 is 4.39 Å². The number of anilines is 1. The van der Waals surface area contributed by atoms with Gasteiger partial charge in [0.2, 0.25) is 0 Å². The Morgan fingerprint density at radius 2 is 2.07 bits per heavy atom. The molecule has 0 saturated heterocycles. The van der Waals surface area contributed by atoms with E-state index in [1.54, 1.807) is 6.07 Å². The first kappa shape index (κ1) is 11.0. The average molecular weight is 196 g/mol. The van der Waals surface area contributed by atoms with E-state index in [-0.39, 0.29) is 5.82 Å². The van der Waals surface area contributed by atoms with Crippen LogP contribution in [0.3, 0.4) is 0 Å². The lowest BCUT2D eigenvalue weighted by molar-refractivity contribution is 0.425. The van der Waals surface area contributed by atoms with Crippen LogP contribution in [0.4, 0.5) is 10.1 Å². The monoisotopic (exact) mass is 196 g/mol. The van der Waals surface area contributed by atoms with Crippen LogP contribution in [0.1, 0.15) is 5.56 Å². The van der Waals surface area contributed by atoms with E-state index in [9.17, 15) is 4.39 Å². The summed E-state index contributed by atoms with van der Waals surface area (Å²) in [6, 6.07) is 5.11. The van der Waals surface area contributed by atoms with Crippen LogP contribution in [0.25, 0.3) is 0 Å². The standard InChI is InChI=1S/C11H17FN2/c1-9-5-4-6-10(12)11(9)13-7-8-14(2)3/h4-6,13H,7-8H2,1-3H3. The van der Waals surface area contributed by atoms with Crippen LogP contribution in [0.2, 0.25) is 0 Å². The maximum Gasteiger partial charge on any atom is 0.146 e. The number of hydrogen-bond acceptors (Lipinski definition) is 2. The third-order valence-corrected chi connectivity index (χ3v) is 2.08. The first-order chi connectivity index (χ1) is 6.61. The fourth-order valence-corrected chi connectivity index (χ4v) is 1.26. The summed E-state index contributed by atoms with van der Waals surface area (Å²) >= 11 is 0. The smallest absolute Gasteiger partial charge is 0.146 e. The quantitative estimate of drug-likeness (QED) is 0.793. The van der Waals surface area contributed by atoms with Crippen LogP contribution >= 0.6 is 0 Å². The molecule has 0 heterocycles. The van der Waals surface area contributed by atoms with E-state index < -0.39 is 0 Å². The van der Waals surface area contributed by atoms with E-state index in [0.29, 0.717) is 5.69 Å². The van der Waals surface area contributed by atoms with Crippen LogP contribution in [-0.2, 0) is 0 Å². The van der Waals surface area contributed by atoms with Crippen molar-refractivity contribution in [3.05, 3.63) is 29.6 Å². The Kier molecular flexibility index (Phi) is 3.89. The van der Waals surface area contributed by atoms with E-state index in [1.807, 2.05) is 27.1 Å². The molecule has 0 saturated carbocycles. The highest BCUT2D eigenvalue weighted by atomic mass is 19.1. The van der Waals surface area contributed by atoms with Crippen molar-refractivity contribution in [2.24, 2.45) is 0 Å².